The van der Waals surface area contributed by atoms with Gasteiger partial charge in [0, 0.05) is 6.07 Å². The van der Waals surface area contributed by atoms with E-state index in [1.54, 1.807) is 22.6 Å². The minimum absolute atomic E-state index is 0. The van der Waals surface area contributed by atoms with E-state index in [-0.39, 0.29) is 16.0 Å². The van der Waals surface area contributed by atoms with Crippen molar-refractivity contribution in [1.29, 1.82) is 0 Å². The molecule has 1 saturated heterocycles. The zero-order chi connectivity index (χ0) is 16.7. The first kappa shape index (κ1) is 23.3. The topological polar surface area (TPSA) is 250 Å². The molecule has 1 unspecified atom stereocenters. The van der Waals surface area contributed by atoms with Gasteiger partial charge in [-0.2, -0.15) is 0 Å². The maximum atomic E-state index is 11.8. The molecule has 2 heterocycles. The maximum Gasteiger partial charge on any atom is 0.331 e. The van der Waals surface area contributed by atoms with Crippen LogP contribution in [0.4, 0.5) is 0 Å². The first-order valence-electron chi connectivity index (χ1n) is 5.80. The van der Waals surface area contributed by atoms with E-state index in [4.69, 9.17) is 4.74 Å². The molecule has 0 radical (unpaired) electrons. The molecule has 2 rings (SSSR count). The molecule has 11 N–H and O–H groups in total. The number of phosphoric ester groups is 1. The van der Waals surface area contributed by atoms with Gasteiger partial charge in [-0.1, -0.05) is 0 Å². The molecule has 1 fully saturated rings. The van der Waals surface area contributed by atoms with E-state index >= 15 is 0 Å². The van der Waals surface area contributed by atoms with E-state index in [0.29, 0.717) is 0 Å². The molecular weight excluding hydrogens is 466 g/mol. The third kappa shape index (κ3) is 5.16. The lowest BCUT2D eigenvalue weighted by Crippen LogP contribution is -2.39. The van der Waals surface area contributed by atoms with E-state index in [1.165, 1.54) is 0 Å². The van der Waals surface area contributed by atoms with Crippen LogP contribution in [0.25, 0.3) is 0 Å². The van der Waals surface area contributed by atoms with E-state index in [1.807, 2.05) is 4.98 Å². The predicted octanol–water partition coefficient (Wildman–Crippen LogP) is -2.64. The second-order valence-electron chi connectivity index (χ2n) is 4.42. The number of aliphatic hydroxyl groups excluding tert-OH is 2. The fourth-order valence-corrected chi connectivity index (χ4v) is 3.06. The molecule has 0 aliphatic carbocycles. The van der Waals surface area contributed by atoms with Crippen LogP contribution in [0.5, 0.6) is 0 Å². The van der Waals surface area contributed by atoms with Gasteiger partial charge in [0.05, 0.1) is 18.1 Å². The molecule has 15 heteroatoms. The van der Waals surface area contributed by atoms with Gasteiger partial charge in [-0.15, -0.1) is 0 Å². The molecule has 0 bridgehead atoms. The SMILES string of the molecule is O=c1cc(I)n([C@@H]2O[C@H](COP(=O)([O-])[O-])[C@H](O)C2O)c(=O)[nH]1.[NH4+].[NH4+]. The first-order chi connectivity index (χ1) is 10.1. The average Bonchev–Trinajstić information content (AvgIpc) is 2.63. The zero-order valence-corrected chi connectivity index (χ0v) is 15.7. The highest BCUT2D eigenvalue weighted by molar-refractivity contribution is 14.1. The lowest BCUT2D eigenvalue weighted by Gasteiger charge is -2.30. The van der Waals surface area contributed by atoms with Gasteiger partial charge in [0.1, 0.15) is 18.3 Å². The van der Waals surface area contributed by atoms with Crippen molar-refractivity contribution in [3.05, 3.63) is 30.6 Å². The number of aromatic amines is 1. The van der Waals surface area contributed by atoms with Crippen LogP contribution >= 0.6 is 30.4 Å². The summed E-state index contributed by atoms with van der Waals surface area (Å²) in [7, 11) is -5.27. The molecule has 1 aliphatic rings. The van der Waals surface area contributed by atoms with Crippen molar-refractivity contribution in [3.63, 3.8) is 0 Å². The summed E-state index contributed by atoms with van der Waals surface area (Å²) in [5.41, 5.74) is -1.54. The number of nitrogens with zero attached hydrogens (tertiary/aromatic N) is 1. The molecule has 0 saturated carbocycles. The van der Waals surface area contributed by atoms with E-state index in [9.17, 15) is 34.2 Å². The monoisotopic (exact) mass is 484 g/mol. The lowest BCUT2D eigenvalue weighted by molar-refractivity contribution is -0.343. The van der Waals surface area contributed by atoms with Crippen LogP contribution in [0.15, 0.2) is 15.7 Å². The number of quaternary nitrogens is 2. The van der Waals surface area contributed by atoms with Crippen molar-refractivity contribution < 1.29 is 33.8 Å². The highest BCUT2D eigenvalue weighted by Gasteiger charge is 2.44. The third-order valence-electron chi connectivity index (χ3n) is 2.92. The molecule has 1 aliphatic heterocycles. The third-order valence-corrected chi connectivity index (χ3v) is 4.21. The van der Waals surface area contributed by atoms with Crippen LogP contribution in [0.3, 0.4) is 0 Å². The molecular formula is C9H18IN4O9P. The second kappa shape index (κ2) is 8.61. The summed E-state index contributed by atoms with van der Waals surface area (Å²) in [6.07, 6.45) is -5.90. The summed E-state index contributed by atoms with van der Waals surface area (Å²) >= 11 is 1.65. The quantitative estimate of drug-likeness (QED) is 0.170. The number of rotatable bonds is 4. The summed E-state index contributed by atoms with van der Waals surface area (Å²) in [5.74, 6) is 0. The fraction of sp³-hybridized carbons (Fsp3) is 0.556. The molecule has 1 aromatic rings. The molecule has 24 heavy (non-hydrogen) atoms. The van der Waals surface area contributed by atoms with Crippen molar-refractivity contribution in [2.75, 3.05) is 6.61 Å². The van der Waals surface area contributed by atoms with Crippen molar-refractivity contribution in [2.24, 2.45) is 0 Å². The van der Waals surface area contributed by atoms with Gasteiger partial charge in [0.15, 0.2) is 6.23 Å². The Morgan fingerprint density at radius 1 is 1.33 bits per heavy atom. The number of aliphatic hydroxyl groups is 2. The molecule has 0 spiro atoms. The Labute approximate surface area is 148 Å². The van der Waals surface area contributed by atoms with Crippen LogP contribution in [-0.4, -0.2) is 44.7 Å². The number of phosphoric acid groups is 1. The Morgan fingerprint density at radius 3 is 2.42 bits per heavy atom. The molecule has 13 nitrogen and oxygen atoms in total. The summed E-state index contributed by atoms with van der Waals surface area (Å²) in [6, 6.07) is 1.07. The molecule has 1 aromatic heterocycles. The highest BCUT2D eigenvalue weighted by atomic mass is 127. The van der Waals surface area contributed by atoms with Gasteiger partial charge < -0.3 is 46.1 Å². The van der Waals surface area contributed by atoms with Gasteiger partial charge in [-0.05, 0) is 22.6 Å². The average molecular weight is 484 g/mol. The van der Waals surface area contributed by atoms with Crippen molar-refractivity contribution in [3.8, 4) is 0 Å². The number of hydrogen-bond donors (Lipinski definition) is 5. The Bertz CT molecular complexity index is 718. The Balaban J connectivity index is 0.00000264. The van der Waals surface area contributed by atoms with Crippen molar-refractivity contribution in [1.82, 2.24) is 21.9 Å². The van der Waals surface area contributed by atoms with Crippen LogP contribution in [0, 0.1) is 3.70 Å². The highest BCUT2D eigenvalue weighted by Crippen LogP contribution is 2.32. The predicted molar refractivity (Wildman–Crippen MR) is 85.5 cm³/mol. The van der Waals surface area contributed by atoms with Crippen LogP contribution in [0.2, 0.25) is 0 Å². The van der Waals surface area contributed by atoms with E-state index in [2.05, 4.69) is 4.52 Å². The van der Waals surface area contributed by atoms with Crippen LogP contribution < -0.4 is 33.3 Å². The second-order valence-corrected chi connectivity index (χ2v) is 6.68. The first-order valence-corrected chi connectivity index (χ1v) is 8.33. The number of nitrogens with one attached hydrogen (secondary N) is 1. The van der Waals surface area contributed by atoms with Crippen molar-refractivity contribution in [2.45, 2.75) is 24.5 Å². The number of H-pyrrole nitrogens is 1. The fourth-order valence-electron chi connectivity index (χ4n) is 1.96. The lowest BCUT2D eigenvalue weighted by atomic mass is 10.1. The largest absolute Gasteiger partial charge is 0.790 e. The summed E-state index contributed by atoms with van der Waals surface area (Å²) in [5, 5.41) is 19.7. The molecule has 0 amide bonds. The van der Waals surface area contributed by atoms with Crippen LogP contribution in [-0.2, 0) is 13.8 Å². The van der Waals surface area contributed by atoms with Gasteiger partial charge >= 0.3 is 5.69 Å². The zero-order valence-electron chi connectivity index (χ0n) is 12.6. The summed E-state index contributed by atoms with van der Waals surface area (Å²) in [4.78, 5) is 45.7. The van der Waals surface area contributed by atoms with Gasteiger partial charge in [0.25, 0.3) is 5.56 Å². The number of ether oxygens (including phenoxy) is 1. The van der Waals surface area contributed by atoms with Gasteiger partial charge in [0.2, 0.25) is 0 Å². The van der Waals surface area contributed by atoms with Gasteiger partial charge in [-0.25, -0.2) is 4.79 Å². The Kier molecular flexibility index (Phi) is 8.37. The Hall–Kier alpha value is -0.680. The van der Waals surface area contributed by atoms with E-state index < -0.39 is 50.2 Å². The Morgan fingerprint density at radius 2 is 1.92 bits per heavy atom. The molecule has 140 valence electrons. The van der Waals surface area contributed by atoms with Crippen molar-refractivity contribution >= 4 is 30.4 Å². The summed E-state index contributed by atoms with van der Waals surface area (Å²) in [6.45, 7) is -0.812. The minimum Gasteiger partial charge on any atom is -0.790 e. The number of aromatic nitrogens is 2. The number of hydrogen-bond acceptors (Lipinski definition) is 9. The maximum absolute atomic E-state index is 11.8. The molecule has 4 atom stereocenters. The van der Waals surface area contributed by atoms with Crippen LogP contribution in [0.1, 0.15) is 6.23 Å². The summed E-state index contributed by atoms with van der Waals surface area (Å²) < 4.78 is 20.6. The number of halogens is 1. The molecule has 0 aromatic carbocycles. The normalized spacial score (nSPS) is 26.5. The minimum atomic E-state index is -5.27. The van der Waals surface area contributed by atoms with Gasteiger partial charge in [-0.3, -0.25) is 14.3 Å². The standard InChI is InChI=1S/C9H12IN2O9P.2H3N/c10-4-1-5(13)11-9(16)12(4)8-7(15)6(14)3(21-8)2-20-22(17,18)19;;/h1,3,6-8,14-15H,2H2,(H,11,13,16)(H2,17,18,19);2*1H3/t3-,6+,7?,8-;;/m1../s1. The smallest absolute Gasteiger partial charge is 0.331 e. The van der Waals surface area contributed by atoms with E-state index in [0.717, 1.165) is 10.6 Å².